The minimum atomic E-state index is -4.47. The third-order valence-electron chi connectivity index (χ3n) is 14.7. The first-order chi connectivity index (χ1) is 40.4. The van der Waals surface area contributed by atoms with Crippen molar-refractivity contribution in [2.24, 2.45) is 0 Å². The molecule has 0 aromatic heterocycles. The third kappa shape index (κ3) is 63.0. The maximum atomic E-state index is 13.6. The first-order valence-electron chi connectivity index (χ1n) is 34.2. The number of esters is 1. The highest BCUT2D eigenvalue weighted by molar-refractivity contribution is 7.47. The van der Waals surface area contributed by atoms with Crippen LogP contribution in [-0.4, -0.2) is 74.3 Å². The summed E-state index contributed by atoms with van der Waals surface area (Å²) in [5.41, 5.74) is 0. The van der Waals surface area contributed by atoms with Gasteiger partial charge in [0.15, 0.2) is 0 Å². The summed E-state index contributed by atoms with van der Waals surface area (Å²) in [6.07, 6.45) is 85.2. The Morgan fingerprint density at radius 2 is 0.735 bits per heavy atom. The molecule has 83 heavy (non-hydrogen) atoms. The monoisotopic (exact) mass is 1180 g/mol. The summed E-state index contributed by atoms with van der Waals surface area (Å²) in [7, 11) is 1.46. The van der Waals surface area contributed by atoms with Crippen LogP contribution < -0.4 is 5.32 Å². The van der Waals surface area contributed by atoms with Gasteiger partial charge in [-0.15, -0.1) is 0 Å². The average molecular weight is 1180 g/mol. The van der Waals surface area contributed by atoms with Crippen molar-refractivity contribution >= 4 is 19.7 Å². The van der Waals surface area contributed by atoms with Gasteiger partial charge in [0, 0.05) is 12.8 Å². The smallest absolute Gasteiger partial charge is 0.456 e. The van der Waals surface area contributed by atoms with Gasteiger partial charge in [0.05, 0.1) is 33.8 Å². The molecule has 0 aromatic rings. The minimum absolute atomic E-state index is 0.0277. The molecule has 3 unspecified atom stereocenters. The Morgan fingerprint density at radius 3 is 1.13 bits per heavy atom. The van der Waals surface area contributed by atoms with Crippen LogP contribution in [0.1, 0.15) is 290 Å². The van der Waals surface area contributed by atoms with Crippen molar-refractivity contribution in [3.63, 3.8) is 0 Å². The van der Waals surface area contributed by atoms with Crippen LogP contribution in [0.2, 0.25) is 0 Å². The Bertz CT molecular complexity index is 1790. The van der Waals surface area contributed by atoms with Gasteiger partial charge in [-0.3, -0.25) is 18.6 Å². The Morgan fingerprint density at radius 1 is 0.422 bits per heavy atom. The molecule has 0 aliphatic heterocycles. The van der Waals surface area contributed by atoms with Crippen molar-refractivity contribution in [2.75, 3.05) is 40.9 Å². The maximum absolute atomic E-state index is 13.6. The van der Waals surface area contributed by atoms with Crippen LogP contribution >= 0.6 is 7.82 Å². The molecule has 2 N–H and O–H groups in total. The summed E-state index contributed by atoms with van der Waals surface area (Å²) in [5, 5.41) is 3.05. The molecule has 3 atom stereocenters. The van der Waals surface area contributed by atoms with E-state index in [1.54, 1.807) is 0 Å². The number of amides is 1. The number of hydrogen-bond acceptors (Lipinski definition) is 6. The molecule has 9 nitrogen and oxygen atoms in total. The lowest BCUT2D eigenvalue weighted by atomic mass is 10.0. The number of nitrogens with zero attached hydrogens (tertiary/aromatic N) is 1. The van der Waals surface area contributed by atoms with Crippen molar-refractivity contribution in [1.29, 1.82) is 0 Å². The molecule has 0 saturated heterocycles. The summed E-state index contributed by atoms with van der Waals surface area (Å²) < 4.78 is 30.8. The van der Waals surface area contributed by atoms with Gasteiger partial charge in [-0.2, -0.15) is 0 Å². The highest BCUT2D eigenvalue weighted by atomic mass is 31.2. The maximum Gasteiger partial charge on any atom is 0.472 e. The second-order valence-corrected chi connectivity index (χ2v) is 25.4. The molecule has 0 rings (SSSR count). The van der Waals surface area contributed by atoms with Gasteiger partial charge in [-0.1, -0.05) is 265 Å². The fraction of sp³-hybridized carbons (Fsp3) is 0.726. The average Bonchev–Trinajstić information content (AvgIpc) is 3.46. The van der Waals surface area contributed by atoms with Gasteiger partial charge >= 0.3 is 13.8 Å². The fourth-order valence-corrected chi connectivity index (χ4v) is 10.1. The number of rotatable bonds is 61. The van der Waals surface area contributed by atoms with E-state index in [9.17, 15) is 19.0 Å². The zero-order valence-corrected chi connectivity index (χ0v) is 55.6. The van der Waals surface area contributed by atoms with E-state index < -0.39 is 20.0 Å². The largest absolute Gasteiger partial charge is 0.472 e. The van der Waals surface area contributed by atoms with Crippen molar-refractivity contribution in [3.05, 3.63) is 109 Å². The fourth-order valence-electron chi connectivity index (χ4n) is 9.38. The Hall–Kier alpha value is -3.33. The van der Waals surface area contributed by atoms with E-state index in [0.29, 0.717) is 17.4 Å². The molecule has 0 radical (unpaired) electrons. The lowest BCUT2D eigenvalue weighted by Crippen LogP contribution is -2.47. The number of ether oxygens (including phenoxy) is 1. The molecular formula is C73H130N2O7P+. The predicted octanol–water partition coefficient (Wildman–Crippen LogP) is 21.7. The van der Waals surface area contributed by atoms with E-state index in [2.05, 4.69) is 123 Å². The highest BCUT2D eigenvalue weighted by Gasteiger charge is 2.30. The lowest BCUT2D eigenvalue weighted by Gasteiger charge is -2.27. The molecule has 0 aliphatic carbocycles. The molecule has 0 fully saturated rings. The van der Waals surface area contributed by atoms with Crippen LogP contribution in [-0.2, 0) is 27.9 Å². The van der Waals surface area contributed by atoms with E-state index in [0.717, 1.165) is 109 Å². The van der Waals surface area contributed by atoms with E-state index in [1.165, 1.54) is 141 Å². The summed E-state index contributed by atoms with van der Waals surface area (Å²) in [6.45, 7) is 6.93. The Balaban J connectivity index is 5.23. The zero-order valence-electron chi connectivity index (χ0n) is 54.7. The number of nitrogens with one attached hydrogen (secondary N) is 1. The van der Waals surface area contributed by atoms with Gasteiger partial charge in [0.25, 0.3) is 0 Å². The molecule has 478 valence electrons. The predicted molar refractivity (Wildman–Crippen MR) is 360 cm³/mol. The number of phosphoric ester groups is 1. The van der Waals surface area contributed by atoms with E-state index in [1.807, 2.05) is 33.3 Å². The van der Waals surface area contributed by atoms with Gasteiger partial charge in [0.2, 0.25) is 5.91 Å². The summed E-state index contributed by atoms with van der Waals surface area (Å²) >= 11 is 0. The number of likely N-dealkylation sites (N-methyl/N-ethyl adjacent to an activating group) is 1. The standard InChI is InChI=1S/C73H129N2O7P/c1-7-10-13-16-19-22-25-28-30-32-34-35-36-37-38-39-41-43-45-48-51-54-57-60-63-66-73(77)82-71(64-61-58-55-52-49-46-27-24-21-18-15-12-9-3)70(69-81-83(78,79)80-68-67-75(4,5)6)74-72(76)65-62-59-56-53-50-47-44-42-40-33-31-29-26-23-20-17-14-11-8-2/h19-20,22-23,28-31,34-35,37-38,40,42,47,50,61,64,70-71H,7-18,21,24-27,32-33,36,39,41,43-46,48-49,51-60,62-63,65-69H2,1-6H3,(H-,74,76,78,79)/p+1/b22-19-,23-20-,30-28-,31-29-,35-34-,38-37-,42-40-,50-47-,64-61-. The van der Waals surface area contributed by atoms with Crippen LogP contribution in [0.15, 0.2) is 109 Å². The van der Waals surface area contributed by atoms with Crippen molar-refractivity contribution in [3.8, 4) is 0 Å². The number of allylic oxidation sites excluding steroid dienone is 17. The molecule has 0 spiro atoms. The quantitative estimate of drug-likeness (QED) is 0.0205. The second kappa shape index (κ2) is 61.7. The SMILES string of the molecule is CCCCC/C=C\C/C=C\C/C=C\C/C=C\CCCCCCCCCCCC(=O)OC(/C=C\CCCCCCCCCCCCC)C(COP(=O)(O)OCC[N+](C)(C)C)NC(=O)CCCCC/C=C\C/C=C\C/C=C\C/C=C\CCCCC. The summed E-state index contributed by atoms with van der Waals surface area (Å²) in [6, 6.07) is -0.875. The van der Waals surface area contributed by atoms with Gasteiger partial charge in [-0.25, -0.2) is 4.57 Å². The Labute approximate surface area is 512 Å². The number of phosphoric acid groups is 1. The number of unbranched alkanes of at least 4 members (excludes halogenated alkanes) is 29. The number of carbonyl (C=O) groups excluding carboxylic acids is 2. The molecule has 0 saturated carbocycles. The van der Waals surface area contributed by atoms with Crippen molar-refractivity contribution < 1.29 is 37.3 Å². The lowest BCUT2D eigenvalue weighted by molar-refractivity contribution is -0.870. The first kappa shape index (κ1) is 79.7. The normalized spacial score (nSPS) is 14.3. The van der Waals surface area contributed by atoms with Crippen LogP contribution in [0, 0.1) is 0 Å². The van der Waals surface area contributed by atoms with E-state index in [4.69, 9.17) is 13.8 Å². The minimum Gasteiger partial charge on any atom is -0.456 e. The van der Waals surface area contributed by atoms with Crippen LogP contribution in [0.25, 0.3) is 0 Å². The third-order valence-corrected chi connectivity index (χ3v) is 15.7. The first-order valence-corrected chi connectivity index (χ1v) is 35.7. The molecule has 10 heteroatoms. The van der Waals surface area contributed by atoms with Crippen molar-refractivity contribution in [1.82, 2.24) is 5.32 Å². The van der Waals surface area contributed by atoms with Crippen LogP contribution in [0.5, 0.6) is 0 Å². The van der Waals surface area contributed by atoms with E-state index >= 15 is 0 Å². The van der Waals surface area contributed by atoms with Gasteiger partial charge in [0.1, 0.15) is 19.3 Å². The second-order valence-electron chi connectivity index (χ2n) is 24.0. The molecule has 0 aromatic carbocycles. The molecular weight excluding hydrogens is 1050 g/mol. The molecule has 0 bridgehead atoms. The van der Waals surface area contributed by atoms with Crippen LogP contribution in [0.3, 0.4) is 0 Å². The summed E-state index contributed by atoms with van der Waals surface area (Å²) in [4.78, 5) is 37.9. The zero-order chi connectivity index (χ0) is 60.7. The Kier molecular flexibility index (Phi) is 59.3. The number of carbonyl (C=O) groups is 2. The molecule has 0 aliphatic rings. The van der Waals surface area contributed by atoms with E-state index in [-0.39, 0.29) is 37.9 Å². The van der Waals surface area contributed by atoms with Crippen molar-refractivity contribution in [2.45, 2.75) is 303 Å². The van der Waals surface area contributed by atoms with Gasteiger partial charge in [-0.05, 0) is 122 Å². The van der Waals surface area contributed by atoms with Gasteiger partial charge < -0.3 is 19.4 Å². The highest BCUT2D eigenvalue weighted by Crippen LogP contribution is 2.43. The number of quaternary nitrogens is 1. The molecule has 0 heterocycles. The molecule has 1 amide bonds. The topological polar surface area (TPSA) is 111 Å². The number of hydrogen-bond donors (Lipinski definition) is 2. The van der Waals surface area contributed by atoms with Crippen LogP contribution in [0.4, 0.5) is 0 Å². The summed E-state index contributed by atoms with van der Waals surface area (Å²) in [5.74, 6) is -0.549.